The van der Waals surface area contributed by atoms with E-state index in [1.165, 1.54) is 10.4 Å². The Labute approximate surface area is 106 Å². The molecule has 0 aromatic carbocycles. The van der Waals surface area contributed by atoms with Crippen LogP contribution in [0.1, 0.15) is 22.1 Å². The molecule has 2 aromatic rings. The Hall–Kier alpha value is -0.160. The molecule has 1 unspecified atom stereocenters. The van der Waals surface area contributed by atoms with Crippen LogP contribution in [0.2, 0.25) is 0 Å². The van der Waals surface area contributed by atoms with Crippen molar-refractivity contribution < 1.29 is 5.11 Å². The minimum absolute atomic E-state index is 0.373. The SMILES string of the molecule is Cc1cscc1C(O)Cc1ccc(Br)s1. The van der Waals surface area contributed by atoms with Crippen molar-refractivity contribution in [2.75, 3.05) is 0 Å². The van der Waals surface area contributed by atoms with Gasteiger partial charge in [0, 0.05) is 11.3 Å². The lowest BCUT2D eigenvalue weighted by Crippen LogP contribution is -2.00. The fourth-order valence-electron chi connectivity index (χ4n) is 1.47. The molecule has 4 heteroatoms. The molecular weight excluding hydrogens is 292 g/mol. The third kappa shape index (κ3) is 2.69. The van der Waals surface area contributed by atoms with E-state index < -0.39 is 0 Å². The molecule has 1 N–H and O–H groups in total. The Morgan fingerprint density at radius 3 is 2.73 bits per heavy atom. The lowest BCUT2D eigenvalue weighted by atomic mass is 10.1. The molecule has 0 aliphatic rings. The number of hydrogen-bond donors (Lipinski definition) is 1. The fraction of sp³-hybridized carbons (Fsp3) is 0.273. The highest BCUT2D eigenvalue weighted by molar-refractivity contribution is 9.11. The van der Waals surface area contributed by atoms with Crippen molar-refractivity contribution in [1.29, 1.82) is 0 Å². The second kappa shape index (κ2) is 4.78. The summed E-state index contributed by atoms with van der Waals surface area (Å²) >= 11 is 6.75. The van der Waals surface area contributed by atoms with Crippen molar-refractivity contribution in [3.63, 3.8) is 0 Å². The van der Waals surface area contributed by atoms with Crippen LogP contribution in [0.5, 0.6) is 0 Å². The third-order valence-electron chi connectivity index (χ3n) is 2.28. The molecule has 2 heterocycles. The van der Waals surface area contributed by atoms with Crippen molar-refractivity contribution in [2.45, 2.75) is 19.4 Å². The van der Waals surface area contributed by atoms with Gasteiger partial charge in [0.15, 0.2) is 0 Å². The van der Waals surface area contributed by atoms with Gasteiger partial charge in [0.2, 0.25) is 0 Å². The summed E-state index contributed by atoms with van der Waals surface area (Å²) in [5.74, 6) is 0. The number of hydrogen-bond acceptors (Lipinski definition) is 3. The van der Waals surface area contributed by atoms with Crippen molar-refractivity contribution in [3.8, 4) is 0 Å². The van der Waals surface area contributed by atoms with Gasteiger partial charge < -0.3 is 5.11 Å². The zero-order chi connectivity index (χ0) is 10.8. The van der Waals surface area contributed by atoms with Crippen LogP contribution in [-0.4, -0.2) is 5.11 Å². The summed E-state index contributed by atoms with van der Waals surface area (Å²) in [6, 6.07) is 4.08. The molecule has 0 spiro atoms. The molecule has 1 nitrogen and oxygen atoms in total. The first-order chi connectivity index (χ1) is 7.16. The predicted molar refractivity (Wildman–Crippen MR) is 69.7 cm³/mol. The van der Waals surface area contributed by atoms with Gasteiger partial charge in [-0.15, -0.1) is 11.3 Å². The van der Waals surface area contributed by atoms with E-state index in [-0.39, 0.29) is 6.10 Å². The van der Waals surface area contributed by atoms with Crippen LogP contribution in [0.4, 0.5) is 0 Å². The highest BCUT2D eigenvalue weighted by Gasteiger charge is 2.12. The number of rotatable bonds is 3. The van der Waals surface area contributed by atoms with Gasteiger partial charge in [-0.05, 0) is 56.9 Å². The molecule has 0 saturated carbocycles. The first-order valence-corrected chi connectivity index (χ1v) is 7.17. The maximum atomic E-state index is 10.1. The Kier molecular flexibility index (Phi) is 3.61. The first kappa shape index (κ1) is 11.3. The summed E-state index contributed by atoms with van der Waals surface area (Å²) in [5.41, 5.74) is 2.24. The lowest BCUT2D eigenvalue weighted by molar-refractivity contribution is 0.179. The van der Waals surface area contributed by atoms with Crippen LogP contribution in [0.25, 0.3) is 0 Å². The van der Waals surface area contributed by atoms with Crippen LogP contribution < -0.4 is 0 Å². The highest BCUT2D eigenvalue weighted by atomic mass is 79.9. The Morgan fingerprint density at radius 1 is 1.40 bits per heavy atom. The van der Waals surface area contributed by atoms with E-state index >= 15 is 0 Å². The van der Waals surface area contributed by atoms with Gasteiger partial charge in [0.25, 0.3) is 0 Å². The van der Waals surface area contributed by atoms with Gasteiger partial charge in [0.1, 0.15) is 0 Å². The van der Waals surface area contributed by atoms with Crippen molar-refractivity contribution in [3.05, 3.63) is 42.7 Å². The normalized spacial score (nSPS) is 13.0. The standard InChI is InChI=1S/C11H11BrOS2/c1-7-5-14-6-9(7)10(13)4-8-2-3-11(12)15-8/h2-3,5-6,10,13H,4H2,1H3. The largest absolute Gasteiger partial charge is 0.388 e. The second-order valence-electron chi connectivity index (χ2n) is 3.44. The summed E-state index contributed by atoms with van der Waals surface area (Å²) in [6.07, 6.45) is 0.329. The molecule has 0 saturated heterocycles. The summed E-state index contributed by atoms with van der Waals surface area (Å²) in [6.45, 7) is 2.04. The van der Waals surface area contributed by atoms with E-state index in [1.807, 2.05) is 18.4 Å². The number of aliphatic hydroxyl groups is 1. The second-order valence-corrected chi connectivity index (χ2v) is 6.73. The molecule has 15 heavy (non-hydrogen) atoms. The lowest BCUT2D eigenvalue weighted by Gasteiger charge is -2.08. The number of halogens is 1. The van der Waals surface area contributed by atoms with Gasteiger partial charge in [-0.3, -0.25) is 0 Å². The zero-order valence-corrected chi connectivity index (χ0v) is 11.5. The van der Waals surface area contributed by atoms with E-state index in [0.29, 0.717) is 6.42 Å². The maximum Gasteiger partial charge on any atom is 0.0848 e. The molecule has 0 aliphatic carbocycles. The molecule has 0 fully saturated rings. The van der Waals surface area contributed by atoms with Crippen molar-refractivity contribution in [2.24, 2.45) is 0 Å². The van der Waals surface area contributed by atoms with Crippen molar-refractivity contribution in [1.82, 2.24) is 0 Å². The maximum absolute atomic E-state index is 10.1. The zero-order valence-electron chi connectivity index (χ0n) is 8.24. The monoisotopic (exact) mass is 302 g/mol. The first-order valence-electron chi connectivity index (χ1n) is 4.62. The molecular formula is C11H11BrOS2. The average molecular weight is 303 g/mol. The minimum Gasteiger partial charge on any atom is -0.388 e. The topological polar surface area (TPSA) is 20.2 Å². The molecule has 0 aliphatic heterocycles. The van der Waals surface area contributed by atoms with Crippen molar-refractivity contribution >= 4 is 38.6 Å². The Morgan fingerprint density at radius 2 is 2.20 bits per heavy atom. The predicted octanol–water partition coefficient (Wildman–Crippen LogP) is 4.16. The molecule has 2 aromatic heterocycles. The smallest absolute Gasteiger partial charge is 0.0848 e. The molecule has 0 bridgehead atoms. The van der Waals surface area contributed by atoms with E-state index in [2.05, 4.69) is 27.4 Å². The van der Waals surface area contributed by atoms with Crippen LogP contribution in [0.3, 0.4) is 0 Å². The molecule has 0 amide bonds. The molecule has 1 atom stereocenters. The van der Waals surface area contributed by atoms with Gasteiger partial charge in [0.05, 0.1) is 9.89 Å². The minimum atomic E-state index is -0.373. The summed E-state index contributed by atoms with van der Waals surface area (Å²) < 4.78 is 1.12. The van der Waals surface area contributed by atoms with E-state index in [1.54, 1.807) is 22.7 Å². The van der Waals surface area contributed by atoms with Gasteiger partial charge in [-0.1, -0.05) is 0 Å². The average Bonchev–Trinajstić information content (AvgIpc) is 2.75. The van der Waals surface area contributed by atoms with Crippen LogP contribution in [0.15, 0.2) is 26.7 Å². The van der Waals surface area contributed by atoms with E-state index in [9.17, 15) is 5.11 Å². The third-order valence-corrected chi connectivity index (χ3v) is 4.80. The Bertz CT molecular complexity index is 447. The van der Waals surface area contributed by atoms with Gasteiger partial charge >= 0.3 is 0 Å². The van der Waals surface area contributed by atoms with E-state index in [0.717, 1.165) is 9.35 Å². The fourth-order valence-corrected chi connectivity index (χ4v) is 3.89. The molecule has 2 rings (SSSR count). The van der Waals surface area contributed by atoms with Crippen LogP contribution >= 0.6 is 38.6 Å². The number of thiophene rings is 2. The summed E-state index contributed by atoms with van der Waals surface area (Å²) in [5, 5.41) is 14.2. The number of aryl methyl sites for hydroxylation is 1. The van der Waals surface area contributed by atoms with Gasteiger partial charge in [-0.25, -0.2) is 0 Å². The quantitative estimate of drug-likeness (QED) is 0.903. The number of aliphatic hydroxyl groups excluding tert-OH is 1. The van der Waals surface area contributed by atoms with Gasteiger partial charge in [-0.2, -0.15) is 11.3 Å². The Balaban J connectivity index is 2.10. The van der Waals surface area contributed by atoms with E-state index in [4.69, 9.17) is 0 Å². The molecule has 80 valence electrons. The summed E-state index contributed by atoms with van der Waals surface area (Å²) in [7, 11) is 0. The van der Waals surface area contributed by atoms with Crippen LogP contribution in [-0.2, 0) is 6.42 Å². The van der Waals surface area contributed by atoms with Crippen LogP contribution in [0, 0.1) is 6.92 Å². The molecule has 0 radical (unpaired) electrons. The highest BCUT2D eigenvalue weighted by Crippen LogP contribution is 2.29. The summed E-state index contributed by atoms with van der Waals surface area (Å²) in [4.78, 5) is 1.21.